The van der Waals surface area contributed by atoms with Crippen LogP contribution in [-0.4, -0.2) is 5.91 Å². The zero-order valence-electron chi connectivity index (χ0n) is 13.5. The van der Waals surface area contributed by atoms with Crippen LogP contribution in [0.5, 0.6) is 0 Å². The molecule has 0 aromatic heterocycles. The second-order valence-electron chi connectivity index (χ2n) is 5.71. The summed E-state index contributed by atoms with van der Waals surface area (Å²) in [6, 6.07) is 10.2. The van der Waals surface area contributed by atoms with Crippen LogP contribution in [-0.2, 0) is 4.79 Å². The molecule has 0 heterocycles. The SMILES string of the molecule is C=CCC(CCCCCC)C(=O)N[C@@H](C)c1ccccc1. The Balaban J connectivity index is 2.49. The molecule has 2 nitrogen and oxygen atoms in total. The van der Waals surface area contributed by atoms with Crippen LogP contribution >= 0.6 is 0 Å². The van der Waals surface area contributed by atoms with Gasteiger partial charge in [-0.15, -0.1) is 6.58 Å². The summed E-state index contributed by atoms with van der Waals surface area (Å²) in [4.78, 5) is 12.4. The first-order chi connectivity index (χ1) is 10.2. The number of carbonyl (C=O) groups excluding carboxylic acids is 1. The van der Waals surface area contributed by atoms with Crippen LogP contribution in [0.3, 0.4) is 0 Å². The number of nitrogens with one attached hydrogen (secondary N) is 1. The molecular formula is C19H29NO. The molecule has 21 heavy (non-hydrogen) atoms. The van der Waals surface area contributed by atoms with E-state index in [4.69, 9.17) is 0 Å². The third-order valence-corrected chi connectivity index (χ3v) is 3.89. The molecule has 1 N–H and O–H groups in total. The van der Waals surface area contributed by atoms with Gasteiger partial charge in [0.2, 0.25) is 5.91 Å². The van der Waals surface area contributed by atoms with E-state index in [0.717, 1.165) is 24.8 Å². The fourth-order valence-corrected chi connectivity index (χ4v) is 2.53. The molecule has 0 radical (unpaired) electrons. The lowest BCUT2D eigenvalue weighted by molar-refractivity contribution is -0.125. The van der Waals surface area contributed by atoms with Gasteiger partial charge >= 0.3 is 0 Å². The number of amides is 1. The summed E-state index contributed by atoms with van der Waals surface area (Å²) in [5.74, 6) is 0.216. The van der Waals surface area contributed by atoms with Crippen molar-refractivity contribution in [3.8, 4) is 0 Å². The Morgan fingerprint density at radius 2 is 1.95 bits per heavy atom. The second-order valence-corrected chi connectivity index (χ2v) is 5.71. The fourth-order valence-electron chi connectivity index (χ4n) is 2.53. The number of hydrogen-bond donors (Lipinski definition) is 1. The van der Waals surface area contributed by atoms with E-state index in [-0.39, 0.29) is 17.9 Å². The van der Waals surface area contributed by atoms with Crippen molar-refractivity contribution in [2.45, 2.75) is 58.4 Å². The van der Waals surface area contributed by atoms with E-state index in [1.165, 1.54) is 19.3 Å². The molecular weight excluding hydrogens is 258 g/mol. The van der Waals surface area contributed by atoms with Crippen molar-refractivity contribution in [2.75, 3.05) is 0 Å². The van der Waals surface area contributed by atoms with Crippen molar-refractivity contribution >= 4 is 5.91 Å². The van der Waals surface area contributed by atoms with Gasteiger partial charge in [-0.25, -0.2) is 0 Å². The van der Waals surface area contributed by atoms with E-state index in [1.54, 1.807) is 0 Å². The normalized spacial score (nSPS) is 13.4. The molecule has 1 unspecified atom stereocenters. The molecule has 1 aromatic carbocycles. The van der Waals surface area contributed by atoms with Gasteiger partial charge in [0.1, 0.15) is 0 Å². The maximum atomic E-state index is 12.4. The summed E-state index contributed by atoms with van der Waals surface area (Å²) in [7, 11) is 0. The average molecular weight is 287 g/mol. The van der Waals surface area contributed by atoms with Gasteiger partial charge in [-0.3, -0.25) is 4.79 Å². The van der Waals surface area contributed by atoms with Gasteiger partial charge in [-0.05, 0) is 25.3 Å². The van der Waals surface area contributed by atoms with Gasteiger partial charge in [-0.2, -0.15) is 0 Å². The summed E-state index contributed by atoms with van der Waals surface area (Å²) in [5, 5.41) is 3.14. The van der Waals surface area contributed by atoms with Crippen molar-refractivity contribution in [1.29, 1.82) is 0 Å². The summed E-state index contributed by atoms with van der Waals surface area (Å²) in [6.07, 6.45) is 8.40. The molecule has 0 aliphatic carbocycles. The lowest BCUT2D eigenvalue weighted by Crippen LogP contribution is -2.32. The van der Waals surface area contributed by atoms with Crippen LogP contribution in [0.2, 0.25) is 0 Å². The maximum Gasteiger partial charge on any atom is 0.223 e. The quantitative estimate of drug-likeness (QED) is 0.475. The zero-order chi connectivity index (χ0) is 15.5. The highest BCUT2D eigenvalue weighted by Gasteiger charge is 2.18. The van der Waals surface area contributed by atoms with E-state index in [1.807, 2.05) is 31.2 Å². The molecule has 1 aromatic rings. The van der Waals surface area contributed by atoms with E-state index in [0.29, 0.717) is 0 Å². The summed E-state index contributed by atoms with van der Waals surface area (Å²) >= 11 is 0. The van der Waals surface area contributed by atoms with Crippen LogP contribution in [0, 0.1) is 5.92 Å². The predicted molar refractivity (Wildman–Crippen MR) is 90.1 cm³/mol. The highest BCUT2D eigenvalue weighted by atomic mass is 16.1. The Bertz CT molecular complexity index is 413. The first-order valence-corrected chi connectivity index (χ1v) is 8.15. The average Bonchev–Trinajstić information content (AvgIpc) is 2.51. The summed E-state index contributed by atoms with van der Waals surface area (Å²) < 4.78 is 0. The third-order valence-electron chi connectivity index (χ3n) is 3.89. The van der Waals surface area contributed by atoms with E-state index >= 15 is 0 Å². The Kier molecular flexibility index (Phi) is 8.49. The molecule has 0 saturated carbocycles. The van der Waals surface area contributed by atoms with E-state index < -0.39 is 0 Å². The lowest BCUT2D eigenvalue weighted by Gasteiger charge is -2.19. The lowest BCUT2D eigenvalue weighted by atomic mass is 9.96. The summed E-state index contributed by atoms with van der Waals surface area (Å²) in [6.45, 7) is 8.03. The second kappa shape index (κ2) is 10.2. The smallest absolute Gasteiger partial charge is 0.223 e. The van der Waals surface area contributed by atoms with Crippen molar-refractivity contribution in [3.63, 3.8) is 0 Å². The Morgan fingerprint density at radius 1 is 1.24 bits per heavy atom. The number of benzene rings is 1. The molecule has 2 heteroatoms. The van der Waals surface area contributed by atoms with Crippen LogP contribution in [0.25, 0.3) is 0 Å². The molecule has 0 spiro atoms. The number of carbonyl (C=O) groups is 1. The third kappa shape index (κ3) is 6.61. The number of unbranched alkanes of at least 4 members (excludes halogenated alkanes) is 3. The van der Waals surface area contributed by atoms with Gasteiger partial charge in [-0.1, -0.05) is 69.0 Å². The minimum absolute atomic E-state index is 0.0571. The van der Waals surface area contributed by atoms with Crippen molar-refractivity contribution in [2.24, 2.45) is 5.92 Å². The van der Waals surface area contributed by atoms with Gasteiger partial charge in [0.15, 0.2) is 0 Å². The predicted octanol–water partition coefficient (Wildman–Crippen LogP) is 5.03. The van der Waals surface area contributed by atoms with Crippen molar-refractivity contribution in [1.82, 2.24) is 5.32 Å². The minimum Gasteiger partial charge on any atom is -0.349 e. The molecule has 0 bridgehead atoms. The Hall–Kier alpha value is -1.57. The van der Waals surface area contributed by atoms with Gasteiger partial charge in [0.05, 0.1) is 6.04 Å². The van der Waals surface area contributed by atoms with E-state index in [2.05, 4.69) is 31.0 Å². The Morgan fingerprint density at radius 3 is 2.57 bits per heavy atom. The molecule has 1 rings (SSSR count). The van der Waals surface area contributed by atoms with Crippen LogP contribution in [0.15, 0.2) is 43.0 Å². The number of hydrogen-bond acceptors (Lipinski definition) is 1. The number of rotatable bonds is 10. The molecule has 2 atom stereocenters. The van der Waals surface area contributed by atoms with Crippen LogP contribution in [0.1, 0.15) is 64.0 Å². The maximum absolute atomic E-state index is 12.4. The van der Waals surface area contributed by atoms with Gasteiger partial charge < -0.3 is 5.32 Å². The molecule has 0 saturated heterocycles. The molecule has 0 aliphatic rings. The number of allylic oxidation sites excluding steroid dienone is 1. The fraction of sp³-hybridized carbons (Fsp3) is 0.526. The van der Waals surface area contributed by atoms with E-state index in [9.17, 15) is 4.79 Å². The topological polar surface area (TPSA) is 29.1 Å². The standard InChI is InChI=1S/C19H29NO/c1-4-6-7-9-15-18(12-5-2)19(21)20-16(3)17-13-10-8-11-14-17/h5,8,10-11,13-14,16,18H,2,4,6-7,9,12,15H2,1,3H3,(H,20,21)/t16-,18?/m0/s1. The zero-order valence-corrected chi connectivity index (χ0v) is 13.5. The highest BCUT2D eigenvalue weighted by molar-refractivity contribution is 5.79. The molecule has 116 valence electrons. The first-order valence-electron chi connectivity index (χ1n) is 8.15. The largest absolute Gasteiger partial charge is 0.349 e. The first kappa shape index (κ1) is 17.5. The Labute approximate surface area is 129 Å². The summed E-state index contributed by atoms with van der Waals surface area (Å²) in [5.41, 5.74) is 1.15. The minimum atomic E-state index is 0.0571. The molecule has 1 amide bonds. The monoisotopic (exact) mass is 287 g/mol. The highest BCUT2D eigenvalue weighted by Crippen LogP contribution is 2.18. The van der Waals surface area contributed by atoms with Gasteiger partial charge in [0, 0.05) is 5.92 Å². The van der Waals surface area contributed by atoms with Crippen LogP contribution < -0.4 is 5.32 Å². The van der Waals surface area contributed by atoms with Gasteiger partial charge in [0.25, 0.3) is 0 Å². The van der Waals surface area contributed by atoms with Crippen LogP contribution in [0.4, 0.5) is 0 Å². The molecule has 0 fully saturated rings. The molecule has 0 aliphatic heterocycles. The van der Waals surface area contributed by atoms with Crippen molar-refractivity contribution in [3.05, 3.63) is 48.6 Å². The van der Waals surface area contributed by atoms with Crippen molar-refractivity contribution < 1.29 is 4.79 Å².